The molecule has 1 fully saturated rings. The first kappa shape index (κ1) is 13.9. The molecule has 0 saturated heterocycles. The van der Waals surface area contributed by atoms with Gasteiger partial charge in [0.15, 0.2) is 5.72 Å². The van der Waals surface area contributed by atoms with Crippen LogP contribution in [0, 0.1) is 0 Å². The Labute approximate surface area is 113 Å². The van der Waals surface area contributed by atoms with Gasteiger partial charge in [-0.25, -0.2) is 0 Å². The molecule has 2 N–H and O–H groups in total. The van der Waals surface area contributed by atoms with Crippen LogP contribution in [0.25, 0.3) is 0 Å². The van der Waals surface area contributed by atoms with E-state index >= 15 is 0 Å². The van der Waals surface area contributed by atoms with E-state index in [1.807, 2.05) is 19.1 Å². The quantitative estimate of drug-likeness (QED) is 0.655. The zero-order valence-corrected chi connectivity index (χ0v) is 11.3. The Bertz CT molecular complexity index is 408. The van der Waals surface area contributed by atoms with E-state index in [0.717, 1.165) is 18.6 Å². The smallest absolute Gasteiger partial charge is 0.294 e. The fraction of sp³-hybridized carbons (Fsp3) is 0.533. The first-order valence-electron chi connectivity index (χ1n) is 6.80. The largest absolute Gasteiger partial charge is 0.494 e. The number of ether oxygens (including phenoxy) is 2. The normalized spacial score (nSPS) is 26.7. The van der Waals surface area contributed by atoms with Crippen molar-refractivity contribution in [1.29, 1.82) is 0 Å². The molecule has 19 heavy (non-hydrogen) atoms. The number of rotatable bonds is 5. The minimum Gasteiger partial charge on any atom is -0.494 e. The van der Waals surface area contributed by atoms with Gasteiger partial charge in [0, 0.05) is 12.8 Å². The summed E-state index contributed by atoms with van der Waals surface area (Å²) in [6.45, 7) is 3.11. The zero-order chi connectivity index (χ0) is 13.7. The third-order valence-corrected chi connectivity index (χ3v) is 3.78. The van der Waals surface area contributed by atoms with Gasteiger partial charge in [-0.1, -0.05) is 12.1 Å². The third-order valence-electron chi connectivity index (χ3n) is 3.78. The van der Waals surface area contributed by atoms with Crippen LogP contribution in [0.4, 0.5) is 0 Å². The fourth-order valence-corrected chi connectivity index (χ4v) is 2.66. The monoisotopic (exact) mass is 263 g/mol. The second-order valence-corrected chi connectivity index (χ2v) is 5.06. The molecule has 1 saturated carbocycles. The van der Waals surface area contributed by atoms with Gasteiger partial charge >= 0.3 is 0 Å². The highest BCUT2D eigenvalue weighted by molar-refractivity contribution is 5.38. The molecule has 4 heteroatoms. The Balaban J connectivity index is 1.95. The summed E-state index contributed by atoms with van der Waals surface area (Å²) in [6.07, 6.45) is 3.31. The average molecular weight is 263 g/mol. The molecule has 0 unspecified atom stereocenters. The molecule has 0 spiro atoms. The maximum atomic E-state index is 10.4. The highest BCUT2D eigenvalue weighted by Crippen LogP contribution is 2.37. The van der Waals surface area contributed by atoms with Crippen LogP contribution in [0.2, 0.25) is 0 Å². The molecule has 2 rings (SSSR count). The Kier molecular flexibility index (Phi) is 4.43. The number of carbonyl (C=O) groups excluding carboxylic acids is 1. The molecule has 4 nitrogen and oxygen atoms in total. The summed E-state index contributed by atoms with van der Waals surface area (Å²) in [5, 5.41) is 0. The van der Waals surface area contributed by atoms with E-state index in [0.29, 0.717) is 31.8 Å². The summed E-state index contributed by atoms with van der Waals surface area (Å²) in [5.74, 6) is 1.39. The van der Waals surface area contributed by atoms with Crippen molar-refractivity contribution in [2.24, 2.45) is 5.73 Å². The van der Waals surface area contributed by atoms with Crippen LogP contribution in [-0.2, 0) is 9.53 Å². The van der Waals surface area contributed by atoms with E-state index in [2.05, 4.69) is 12.1 Å². The Hall–Kier alpha value is -1.55. The standard InChI is InChI=1S/C15H21NO3/c1-2-18-14-5-3-12(4-6-14)13-7-9-15(16,10-8-13)19-11-17/h3-6,11,13H,2,7-10,16H2,1H3. The second kappa shape index (κ2) is 6.06. The van der Waals surface area contributed by atoms with Crippen molar-refractivity contribution < 1.29 is 14.3 Å². The van der Waals surface area contributed by atoms with E-state index in [1.165, 1.54) is 5.56 Å². The molecular formula is C15H21NO3. The minimum atomic E-state index is -0.760. The van der Waals surface area contributed by atoms with E-state index < -0.39 is 5.72 Å². The molecule has 0 radical (unpaired) electrons. The number of hydrogen-bond donors (Lipinski definition) is 1. The van der Waals surface area contributed by atoms with Crippen LogP contribution in [-0.4, -0.2) is 18.8 Å². The fourth-order valence-electron chi connectivity index (χ4n) is 2.66. The molecule has 0 atom stereocenters. The lowest BCUT2D eigenvalue weighted by Gasteiger charge is -2.35. The molecule has 1 aromatic carbocycles. The Morgan fingerprint density at radius 2 is 1.95 bits per heavy atom. The number of nitrogens with two attached hydrogens (primary N) is 1. The van der Waals surface area contributed by atoms with Gasteiger partial charge in [-0.05, 0) is 43.4 Å². The highest BCUT2D eigenvalue weighted by atomic mass is 16.5. The van der Waals surface area contributed by atoms with Crippen molar-refractivity contribution in [2.45, 2.75) is 44.2 Å². The predicted molar refractivity (Wildman–Crippen MR) is 72.9 cm³/mol. The Morgan fingerprint density at radius 3 is 2.47 bits per heavy atom. The van der Waals surface area contributed by atoms with Crippen molar-refractivity contribution >= 4 is 6.47 Å². The number of carbonyl (C=O) groups is 1. The van der Waals surface area contributed by atoms with Crippen molar-refractivity contribution in [3.05, 3.63) is 29.8 Å². The van der Waals surface area contributed by atoms with Gasteiger partial charge in [-0.2, -0.15) is 0 Å². The summed E-state index contributed by atoms with van der Waals surface area (Å²) in [4.78, 5) is 10.4. The maximum Gasteiger partial charge on any atom is 0.294 e. The molecular weight excluding hydrogens is 242 g/mol. The van der Waals surface area contributed by atoms with Crippen LogP contribution in [0.15, 0.2) is 24.3 Å². The summed E-state index contributed by atoms with van der Waals surface area (Å²) in [5.41, 5.74) is 6.54. The SMILES string of the molecule is CCOc1ccc(C2CCC(N)(OC=O)CC2)cc1. The van der Waals surface area contributed by atoms with Gasteiger partial charge < -0.3 is 9.47 Å². The summed E-state index contributed by atoms with van der Waals surface area (Å²) in [7, 11) is 0. The highest BCUT2D eigenvalue weighted by Gasteiger charge is 2.33. The van der Waals surface area contributed by atoms with Crippen LogP contribution in [0.5, 0.6) is 5.75 Å². The van der Waals surface area contributed by atoms with Crippen molar-refractivity contribution in [3.63, 3.8) is 0 Å². The van der Waals surface area contributed by atoms with Crippen molar-refractivity contribution in [2.75, 3.05) is 6.61 Å². The lowest BCUT2D eigenvalue weighted by atomic mass is 9.80. The molecule has 0 aromatic heterocycles. The molecule has 1 aliphatic rings. The summed E-state index contributed by atoms with van der Waals surface area (Å²) < 4.78 is 10.4. The summed E-state index contributed by atoms with van der Waals surface area (Å²) in [6, 6.07) is 8.23. The van der Waals surface area contributed by atoms with Gasteiger partial charge in [0.05, 0.1) is 6.61 Å². The van der Waals surface area contributed by atoms with Crippen molar-refractivity contribution in [1.82, 2.24) is 0 Å². The van der Waals surface area contributed by atoms with Crippen LogP contribution < -0.4 is 10.5 Å². The molecule has 0 aliphatic heterocycles. The van der Waals surface area contributed by atoms with Gasteiger partial charge in [0.25, 0.3) is 6.47 Å². The van der Waals surface area contributed by atoms with Gasteiger partial charge in [-0.3, -0.25) is 10.5 Å². The van der Waals surface area contributed by atoms with E-state index in [-0.39, 0.29) is 0 Å². The summed E-state index contributed by atoms with van der Waals surface area (Å²) >= 11 is 0. The van der Waals surface area contributed by atoms with E-state index in [9.17, 15) is 4.79 Å². The lowest BCUT2D eigenvalue weighted by molar-refractivity contribution is -0.146. The Morgan fingerprint density at radius 1 is 1.32 bits per heavy atom. The molecule has 0 bridgehead atoms. The van der Waals surface area contributed by atoms with Crippen LogP contribution in [0.1, 0.15) is 44.1 Å². The van der Waals surface area contributed by atoms with Crippen LogP contribution >= 0.6 is 0 Å². The van der Waals surface area contributed by atoms with Crippen molar-refractivity contribution in [3.8, 4) is 5.75 Å². The number of hydrogen-bond acceptors (Lipinski definition) is 4. The first-order valence-corrected chi connectivity index (χ1v) is 6.80. The molecule has 0 amide bonds. The van der Waals surface area contributed by atoms with E-state index in [4.69, 9.17) is 15.2 Å². The topological polar surface area (TPSA) is 61.6 Å². The average Bonchev–Trinajstić information content (AvgIpc) is 2.41. The minimum absolute atomic E-state index is 0.456. The molecule has 1 aromatic rings. The number of benzene rings is 1. The lowest BCUT2D eigenvalue weighted by Crippen LogP contribution is -2.45. The van der Waals surface area contributed by atoms with Gasteiger partial charge in [-0.15, -0.1) is 0 Å². The first-order chi connectivity index (χ1) is 9.17. The van der Waals surface area contributed by atoms with E-state index in [1.54, 1.807) is 0 Å². The molecule has 1 aliphatic carbocycles. The molecule has 0 heterocycles. The van der Waals surface area contributed by atoms with Gasteiger partial charge in [0.2, 0.25) is 0 Å². The van der Waals surface area contributed by atoms with Crippen LogP contribution in [0.3, 0.4) is 0 Å². The predicted octanol–water partition coefficient (Wildman–Crippen LogP) is 2.57. The van der Waals surface area contributed by atoms with Gasteiger partial charge in [0.1, 0.15) is 5.75 Å². The third kappa shape index (κ3) is 3.47. The molecule has 104 valence electrons. The maximum absolute atomic E-state index is 10.4. The second-order valence-electron chi connectivity index (χ2n) is 5.06. The zero-order valence-electron chi connectivity index (χ0n) is 11.3.